The lowest BCUT2D eigenvalue weighted by molar-refractivity contribution is -0.137. The van der Waals surface area contributed by atoms with Crippen LogP contribution in [0.1, 0.15) is 5.56 Å². The van der Waals surface area contributed by atoms with Crippen molar-refractivity contribution in [3.05, 3.63) is 47.9 Å². The van der Waals surface area contributed by atoms with Crippen molar-refractivity contribution in [2.45, 2.75) is 6.18 Å². The number of nitrogen functional groups attached to an aromatic ring is 1. The van der Waals surface area contributed by atoms with Crippen LogP contribution >= 0.6 is 0 Å². The topological polar surface area (TPSA) is 48.1 Å². The number of hydrogen-bond donors (Lipinski definition) is 1. The summed E-state index contributed by atoms with van der Waals surface area (Å²) in [5, 5.41) is 0. The summed E-state index contributed by atoms with van der Waals surface area (Å²) in [5.74, 6) is -1.04. The average molecular weight is 272 g/mol. The summed E-state index contributed by atoms with van der Waals surface area (Å²) in [6, 6.07) is 5.45. The second kappa shape index (κ2) is 4.75. The van der Waals surface area contributed by atoms with Crippen LogP contribution in [0.2, 0.25) is 0 Å². The lowest BCUT2D eigenvalue weighted by Gasteiger charge is -2.08. The Morgan fingerprint density at radius 2 is 1.84 bits per heavy atom. The molecule has 19 heavy (non-hydrogen) atoms. The number of halogens is 4. The van der Waals surface area contributed by atoms with E-state index in [1.165, 1.54) is 12.1 Å². The predicted octanol–water partition coefficient (Wildman–Crippen LogP) is 3.61. The number of benzene rings is 1. The highest BCUT2D eigenvalue weighted by Crippen LogP contribution is 2.30. The van der Waals surface area contributed by atoms with E-state index in [4.69, 9.17) is 10.5 Å². The number of hydrogen-bond acceptors (Lipinski definition) is 3. The first-order valence-electron chi connectivity index (χ1n) is 5.12. The second-order valence-electron chi connectivity index (χ2n) is 3.67. The van der Waals surface area contributed by atoms with Gasteiger partial charge in [0.1, 0.15) is 0 Å². The third kappa shape index (κ3) is 3.12. The number of alkyl halides is 3. The van der Waals surface area contributed by atoms with Gasteiger partial charge >= 0.3 is 6.18 Å². The summed E-state index contributed by atoms with van der Waals surface area (Å²) in [7, 11) is 0. The predicted molar refractivity (Wildman–Crippen MR) is 60.1 cm³/mol. The summed E-state index contributed by atoms with van der Waals surface area (Å²) in [6.45, 7) is 0. The maximum absolute atomic E-state index is 13.3. The Balaban J connectivity index is 2.22. The van der Waals surface area contributed by atoms with Gasteiger partial charge in [0.2, 0.25) is 5.88 Å². The zero-order valence-electron chi connectivity index (χ0n) is 9.41. The van der Waals surface area contributed by atoms with Gasteiger partial charge in [-0.05, 0) is 18.2 Å². The van der Waals surface area contributed by atoms with Gasteiger partial charge in [-0.15, -0.1) is 0 Å². The van der Waals surface area contributed by atoms with Gasteiger partial charge in [-0.1, -0.05) is 0 Å². The van der Waals surface area contributed by atoms with E-state index >= 15 is 0 Å². The van der Waals surface area contributed by atoms with Crippen LogP contribution in [0.15, 0.2) is 36.5 Å². The molecule has 0 radical (unpaired) electrons. The average Bonchev–Trinajstić information content (AvgIpc) is 2.33. The van der Waals surface area contributed by atoms with Crippen LogP contribution in [0.25, 0.3) is 0 Å². The molecule has 2 N–H and O–H groups in total. The summed E-state index contributed by atoms with van der Waals surface area (Å²) in [5.41, 5.74) is 4.80. The molecule has 1 aromatic heterocycles. The zero-order valence-corrected chi connectivity index (χ0v) is 9.41. The molecule has 0 aliphatic rings. The highest BCUT2D eigenvalue weighted by atomic mass is 19.4. The van der Waals surface area contributed by atoms with E-state index in [1.807, 2.05) is 0 Å². The van der Waals surface area contributed by atoms with Crippen molar-refractivity contribution in [3.8, 4) is 11.6 Å². The van der Waals surface area contributed by atoms with E-state index in [0.29, 0.717) is 6.20 Å². The fourth-order valence-electron chi connectivity index (χ4n) is 1.32. The number of ether oxygens (including phenoxy) is 1. The Kier molecular flexibility index (Phi) is 3.28. The highest BCUT2D eigenvalue weighted by Gasteiger charge is 2.30. The molecule has 0 saturated heterocycles. The lowest BCUT2D eigenvalue weighted by atomic mass is 10.3. The second-order valence-corrected chi connectivity index (χ2v) is 3.67. The van der Waals surface area contributed by atoms with Gasteiger partial charge in [0.05, 0.1) is 5.56 Å². The first-order valence-corrected chi connectivity index (χ1v) is 5.12. The molecule has 3 nitrogen and oxygen atoms in total. The molecule has 7 heteroatoms. The smallest absolute Gasteiger partial charge is 0.417 e. The number of pyridine rings is 1. The minimum absolute atomic E-state index is 0.155. The monoisotopic (exact) mass is 272 g/mol. The van der Waals surface area contributed by atoms with E-state index in [9.17, 15) is 17.6 Å². The van der Waals surface area contributed by atoms with Gasteiger partial charge in [-0.2, -0.15) is 13.2 Å². The van der Waals surface area contributed by atoms with Gasteiger partial charge in [0.15, 0.2) is 11.6 Å². The molecule has 0 amide bonds. The van der Waals surface area contributed by atoms with Gasteiger partial charge in [-0.3, -0.25) is 0 Å². The highest BCUT2D eigenvalue weighted by molar-refractivity contribution is 5.45. The van der Waals surface area contributed by atoms with Crippen LogP contribution in [-0.4, -0.2) is 4.98 Å². The Hall–Kier alpha value is -2.31. The van der Waals surface area contributed by atoms with E-state index in [1.54, 1.807) is 0 Å². The maximum atomic E-state index is 13.3. The summed E-state index contributed by atoms with van der Waals surface area (Å²) in [6.07, 6.45) is -3.87. The standard InChI is InChI=1S/C12H8F4N2O/c13-9-3-2-8(17)5-10(9)19-11-4-1-7(6-18-11)12(14,15)16/h1-6H,17H2. The zero-order chi connectivity index (χ0) is 14.0. The van der Waals surface area contributed by atoms with Crippen molar-refractivity contribution >= 4 is 5.69 Å². The largest absolute Gasteiger partial charge is 0.436 e. The van der Waals surface area contributed by atoms with Crippen LogP contribution in [-0.2, 0) is 6.18 Å². The molecule has 0 aliphatic heterocycles. The summed E-state index contributed by atoms with van der Waals surface area (Å²) in [4.78, 5) is 3.46. The fraction of sp³-hybridized carbons (Fsp3) is 0.0833. The molecule has 0 fully saturated rings. The van der Waals surface area contributed by atoms with Gasteiger partial charge < -0.3 is 10.5 Å². The molecule has 100 valence electrons. The quantitative estimate of drug-likeness (QED) is 0.671. The number of rotatable bonds is 2. The minimum Gasteiger partial charge on any atom is -0.436 e. The molecule has 1 heterocycles. The van der Waals surface area contributed by atoms with E-state index in [-0.39, 0.29) is 17.3 Å². The summed E-state index contributed by atoms with van der Waals surface area (Å²) < 4.78 is 55.3. The molecule has 0 aliphatic carbocycles. The van der Waals surface area contributed by atoms with Gasteiger partial charge in [0, 0.05) is 24.0 Å². The maximum Gasteiger partial charge on any atom is 0.417 e. The molecular weight excluding hydrogens is 264 g/mol. The third-order valence-electron chi connectivity index (χ3n) is 2.23. The number of aromatic nitrogens is 1. The van der Waals surface area contributed by atoms with E-state index < -0.39 is 17.6 Å². The lowest BCUT2D eigenvalue weighted by Crippen LogP contribution is -2.05. The van der Waals surface area contributed by atoms with Crippen LogP contribution in [0.3, 0.4) is 0 Å². The van der Waals surface area contributed by atoms with Gasteiger partial charge in [0.25, 0.3) is 0 Å². The van der Waals surface area contributed by atoms with Crippen LogP contribution in [0, 0.1) is 5.82 Å². The Labute approximate surface area is 105 Å². The Bertz CT molecular complexity index is 581. The van der Waals surface area contributed by atoms with Crippen molar-refractivity contribution in [1.29, 1.82) is 0 Å². The first-order chi connectivity index (χ1) is 8.86. The molecule has 1 aromatic carbocycles. The molecule has 2 aromatic rings. The summed E-state index contributed by atoms with van der Waals surface area (Å²) >= 11 is 0. The van der Waals surface area contributed by atoms with Crippen molar-refractivity contribution in [3.63, 3.8) is 0 Å². The fourth-order valence-corrected chi connectivity index (χ4v) is 1.32. The van der Waals surface area contributed by atoms with Gasteiger partial charge in [-0.25, -0.2) is 9.37 Å². The number of nitrogens with two attached hydrogens (primary N) is 1. The Morgan fingerprint density at radius 3 is 2.42 bits per heavy atom. The SMILES string of the molecule is Nc1ccc(F)c(Oc2ccc(C(F)(F)F)cn2)c1. The number of nitrogens with zero attached hydrogens (tertiary/aromatic N) is 1. The molecule has 0 unspecified atom stereocenters. The van der Waals surface area contributed by atoms with Crippen molar-refractivity contribution in [1.82, 2.24) is 4.98 Å². The van der Waals surface area contributed by atoms with Crippen molar-refractivity contribution < 1.29 is 22.3 Å². The minimum atomic E-state index is -4.48. The molecular formula is C12H8F4N2O. The first kappa shape index (κ1) is 13.1. The van der Waals surface area contributed by atoms with Crippen LogP contribution in [0.5, 0.6) is 11.6 Å². The molecule has 0 atom stereocenters. The molecule has 0 spiro atoms. The molecule has 2 rings (SSSR count). The van der Waals surface area contributed by atoms with Crippen molar-refractivity contribution in [2.24, 2.45) is 0 Å². The van der Waals surface area contributed by atoms with Crippen LogP contribution < -0.4 is 10.5 Å². The van der Waals surface area contributed by atoms with Crippen molar-refractivity contribution in [2.75, 3.05) is 5.73 Å². The Morgan fingerprint density at radius 1 is 1.11 bits per heavy atom. The normalized spacial score (nSPS) is 11.4. The molecule has 0 bridgehead atoms. The van der Waals surface area contributed by atoms with E-state index in [2.05, 4.69) is 4.98 Å². The number of anilines is 1. The van der Waals surface area contributed by atoms with E-state index in [0.717, 1.165) is 18.2 Å². The molecule has 0 saturated carbocycles. The third-order valence-corrected chi connectivity index (χ3v) is 2.23. The van der Waals surface area contributed by atoms with Crippen LogP contribution in [0.4, 0.5) is 23.2 Å².